The Bertz CT molecular complexity index is 1200. The molecule has 2 N–H and O–H groups in total. The zero-order valence-corrected chi connectivity index (χ0v) is 19.3. The summed E-state index contributed by atoms with van der Waals surface area (Å²) in [5, 5.41) is 6.23. The van der Waals surface area contributed by atoms with Gasteiger partial charge in [-0.15, -0.1) is 0 Å². The summed E-state index contributed by atoms with van der Waals surface area (Å²) in [6, 6.07) is 17.0. The quantitative estimate of drug-likeness (QED) is 0.581. The SMILES string of the molecule is O=C(Nc1ccc(Br)cc1)c1cccn(C2CCc3c2cccc3N2CCNCC2)c1=O. The number of anilines is 2. The van der Waals surface area contributed by atoms with Crippen molar-refractivity contribution >= 4 is 33.2 Å². The van der Waals surface area contributed by atoms with Crippen LogP contribution in [0.4, 0.5) is 11.4 Å². The number of nitrogens with zero attached hydrogens (tertiary/aromatic N) is 2. The number of benzene rings is 2. The van der Waals surface area contributed by atoms with Gasteiger partial charge >= 0.3 is 0 Å². The summed E-state index contributed by atoms with van der Waals surface area (Å²) in [5.74, 6) is -0.389. The number of rotatable bonds is 4. The van der Waals surface area contributed by atoms with E-state index in [0.717, 1.165) is 43.5 Å². The maximum atomic E-state index is 13.3. The Morgan fingerprint density at radius 3 is 2.59 bits per heavy atom. The molecular formula is C25H25BrN4O2. The Hall–Kier alpha value is -2.90. The third kappa shape index (κ3) is 3.98. The van der Waals surface area contributed by atoms with Crippen LogP contribution in [0.5, 0.6) is 0 Å². The molecule has 2 heterocycles. The number of nitrogens with one attached hydrogen (secondary N) is 2. The molecule has 0 saturated carbocycles. The Balaban J connectivity index is 1.44. The molecule has 1 atom stereocenters. The van der Waals surface area contributed by atoms with Crippen molar-refractivity contribution in [2.24, 2.45) is 0 Å². The number of amides is 1. The highest BCUT2D eigenvalue weighted by atomic mass is 79.9. The van der Waals surface area contributed by atoms with Gasteiger partial charge in [0, 0.05) is 48.2 Å². The van der Waals surface area contributed by atoms with Crippen LogP contribution in [0, 0.1) is 0 Å². The van der Waals surface area contributed by atoms with Crippen LogP contribution in [-0.4, -0.2) is 36.7 Å². The minimum Gasteiger partial charge on any atom is -0.369 e. The average molecular weight is 493 g/mol. The fraction of sp³-hybridized carbons (Fsp3) is 0.280. The lowest BCUT2D eigenvalue weighted by molar-refractivity contribution is 0.102. The minimum absolute atomic E-state index is 0.0548. The molecule has 1 aliphatic heterocycles. The van der Waals surface area contributed by atoms with Crippen molar-refractivity contribution in [2.45, 2.75) is 18.9 Å². The van der Waals surface area contributed by atoms with E-state index in [4.69, 9.17) is 0 Å². The number of carbonyl (C=O) groups excluding carboxylic acids is 1. The summed E-state index contributed by atoms with van der Waals surface area (Å²) < 4.78 is 2.65. The molecule has 1 amide bonds. The van der Waals surface area contributed by atoms with Crippen molar-refractivity contribution in [2.75, 3.05) is 36.4 Å². The van der Waals surface area contributed by atoms with Gasteiger partial charge in [-0.3, -0.25) is 9.59 Å². The van der Waals surface area contributed by atoms with E-state index in [1.54, 1.807) is 35.0 Å². The number of carbonyl (C=O) groups is 1. The van der Waals surface area contributed by atoms with Crippen molar-refractivity contribution in [1.29, 1.82) is 0 Å². The van der Waals surface area contributed by atoms with Gasteiger partial charge in [-0.25, -0.2) is 0 Å². The van der Waals surface area contributed by atoms with Crippen LogP contribution in [0.2, 0.25) is 0 Å². The van der Waals surface area contributed by atoms with E-state index < -0.39 is 0 Å². The standard InChI is InChI=1S/C25H25BrN4O2/c26-17-6-8-18(9-7-17)28-24(31)21-4-2-14-30(25(21)32)23-11-10-20-19(23)3-1-5-22(20)29-15-12-27-13-16-29/h1-9,14,23,27H,10-13,15-16H2,(H,28,31). The van der Waals surface area contributed by atoms with Crippen molar-refractivity contribution in [3.8, 4) is 0 Å². The highest BCUT2D eigenvalue weighted by molar-refractivity contribution is 9.10. The Morgan fingerprint density at radius 1 is 1.03 bits per heavy atom. The van der Waals surface area contributed by atoms with E-state index in [2.05, 4.69) is 49.7 Å². The first kappa shape index (κ1) is 21.0. The molecule has 0 spiro atoms. The number of piperazine rings is 1. The van der Waals surface area contributed by atoms with Crippen LogP contribution in [0.3, 0.4) is 0 Å². The van der Waals surface area contributed by atoms with Gasteiger partial charge in [0.25, 0.3) is 11.5 Å². The highest BCUT2D eigenvalue weighted by Crippen LogP contribution is 2.39. The molecule has 32 heavy (non-hydrogen) atoms. The molecule has 0 bridgehead atoms. The first-order valence-corrected chi connectivity index (χ1v) is 11.8. The fourth-order valence-corrected chi connectivity index (χ4v) is 5.03. The molecule has 1 fully saturated rings. The topological polar surface area (TPSA) is 66.4 Å². The lowest BCUT2D eigenvalue weighted by Crippen LogP contribution is -2.43. The molecule has 5 rings (SSSR count). The highest BCUT2D eigenvalue weighted by Gasteiger charge is 2.29. The van der Waals surface area contributed by atoms with Gasteiger partial charge in [-0.1, -0.05) is 28.1 Å². The third-order valence-electron chi connectivity index (χ3n) is 6.33. The Morgan fingerprint density at radius 2 is 1.81 bits per heavy atom. The first-order valence-electron chi connectivity index (χ1n) is 11.0. The normalized spacial score (nSPS) is 17.8. The number of halogens is 1. The predicted octanol–water partition coefficient (Wildman–Crippen LogP) is 3.81. The zero-order chi connectivity index (χ0) is 22.1. The summed E-state index contributed by atoms with van der Waals surface area (Å²) in [4.78, 5) is 28.6. The van der Waals surface area contributed by atoms with Crippen LogP contribution in [0.15, 0.2) is 70.1 Å². The molecule has 1 unspecified atom stereocenters. The van der Waals surface area contributed by atoms with Crippen LogP contribution >= 0.6 is 15.9 Å². The second-order valence-electron chi connectivity index (χ2n) is 8.23. The van der Waals surface area contributed by atoms with Gasteiger partial charge in [0.2, 0.25) is 0 Å². The van der Waals surface area contributed by atoms with E-state index in [9.17, 15) is 9.59 Å². The first-order chi connectivity index (χ1) is 15.6. The van der Waals surface area contributed by atoms with E-state index in [-0.39, 0.29) is 23.1 Å². The van der Waals surface area contributed by atoms with Crippen LogP contribution in [-0.2, 0) is 6.42 Å². The molecule has 2 aromatic carbocycles. The number of hydrogen-bond donors (Lipinski definition) is 2. The van der Waals surface area contributed by atoms with Gasteiger partial charge in [0.15, 0.2) is 0 Å². The number of pyridine rings is 1. The molecule has 1 saturated heterocycles. The molecule has 3 aromatic rings. The van der Waals surface area contributed by atoms with Gasteiger partial charge in [0.1, 0.15) is 5.56 Å². The summed E-state index contributed by atoms with van der Waals surface area (Å²) >= 11 is 3.39. The van der Waals surface area contributed by atoms with Crippen molar-refractivity contribution < 1.29 is 4.79 Å². The van der Waals surface area contributed by atoms with E-state index in [1.165, 1.54) is 16.8 Å². The molecule has 1 aliphatic carbocycles. The van der Waals surface area contributed by atoms with E-state index in [0.29, 0.717) is 5.69 Å². The number of fused-ring (bicyclic) bond motifs is 1. The van der Waals surface area contributed by atoms with Crippen LogP contribution in [0.25, 0.3) is 0 Å². The van der Waals surface area contributed by atoms with Gasteiger partial charge in [-0.05, 0) is 66.4 Å². The van der Waals surface area contributed by atoms with Crippen LogP contribution in [0.1, 0.15) is 33.9 Å². The number of aromatic nitrogens is 1. The summed E-state index contributed by atoms with van der Waals surface area (Å²) in [7, 11) is 0. The molecule has 0 radical (unpaired) electrons. The zero-order valence-electron chi connectivity index (χ0n) is 17.7. The van der Waals surface area contributed by atoms with E-state index >= 15 is 0 Å². The summed E-state index contributed by atoms with van der Waals surface area (Å²) in [5.41, 5.74) is 4.35. The van der Waals surface area contributed by atoms with E-state index in [1.807, 2.05) is 12.1 Å². The molecule has 2 aliphatic rings. The summed E-state index contributed by atoms with van der Waals surface area (Å²) in [6.07, 6.45) is 3.59. The predicted molar refractivity (Wildman–Crippen MR) is 131 cm³/mol. The van der Waals surface area contributed by atoms with Crippen molar-refractivity contribution in [3.05, 3.63) is 92.3 Å². The van der Waals surface area contributed by atoms with Gasteiger partial charge in [0.05, 0.1) is 6.04 Å². The largest absolute Gasteiger partial charge is 0.369 e. The smallest absolute Gasteiger partial charge is 0.263 e. The average Bonchev–Trinajstić information content (AvgIpc) is 3.25. The molecular weight excluding hydrogens is 468 g/mol. The number of hydrogen-bond acceptors (Lipinski definition) is 4. The second-order valence-corrected chi connectivity index (χ2v) is 9.15. The maximum absolute atomic E-state index is 13.3. The molecule has 6 nitrogen and oxygen atoms in total. The Kier molecular flexibility index (Phi) is 5.85. The fourth-order valence-electron chi connectivity index (χ4n) is 4.76. The second kappa shape index (κ2) is 8.92. The Labute approximate surface area is 195 Å². The monoisotopic (exact) mass is 492 g/mol. The molecule has 164 valence electrons. The van der Waals surface area contributed by atoms with Gasteiger partial charge in [-0.2, -0.15) is 0 Å². The summed E-state index contributed by atoms with van der Waals surface area (Å²) in [6.45, 7) is 3.96. The van der Waals surface area contributed by atoms with Crippen molar-refractivity contribution in [1.82, 2.24) is 9.88 Å². The lowest BCUT2D eigenvalue weighted by atomic mass is 10.0. The molecule has 1 aromatic heterocycles. The molecule has 7 heteroatoms. The maximum Gasteiger partial charge on any atom is 0.263 e. The van der Waals surface area contributed by atoms with Crippen molar-refractivity contribution in [3.63, 3.8) is 0 Å². The third-order valence-corrected chi connectivity index (χ3v) is 6.86. The lowest BCUT2D eigenvalue weighted by Gasteiger charge is -2.31. The minimum atomic E-state index is -0.389. The van der Waals surface area contributed by atoms with Gasteiger partial charge < -0.3 is 20.1 Å². The van der Waals surface area contributed by atoms with Crippen LogP contribution < -0.4 is 21.1 Å².